The molecule has 0 fully saturated rings. The van der Waals surface area contributed by atoms with Gasteiger partial charge in [0.05, 0.1) is 17.6 Å². The summed E-state index contributed by atoms with van der Waals surface area (Å²) in [5.41, 5.74) is 7.59. The molecule has 0 amide bonds. The molecule has 4 heteroatoms. The zero-order valence-corrected chi connectivity index (χ0v) is 14.4. The van der Waals surface area contributed by atoms with Crippen molar-refractivity contribution < 1.29 is 0 Å². The Morgan fingerprint density at radius 2 is 1.92 bits per heavy atom. The fourth-order valence-corrected chi connectivity index (χ4v) is 3.30. The van der Waals surface area contributed by atoms with E-state index in [9.17, 15) is 0 Å². The van der Waals surface area contributed by atoms with Gasteiger partial charge in [0.25, 0.3) is 0 Å². The molecule has 0 radical (unpaired) electrons. The number of fused-ring (bicyclic) bond motifs is 2. The number of nitrogens with one attached hydrogen (secondary N) is 1. The summed E-state index contributed by atoms with van der Waals surface area (Å²) in [5, 5.41) is 7.95. The molecule has 0 aliphatic carbocycles. The molecule has 4 rings (SSSR count). The summed E-state index contributed by atoms with van der Waals surface area (Å²) in [6.07, 6.45) is 1.96. The lowest BCUT2D eigenvalue weighted by Crippen LogP contribution is -2.21. The molecule has 0 bridgehead atoms. The molecule has 1 N–H and O–H groups in total. The minimum Gasteiger partial charge on any atom is -0.361 e. The van der Waals surface area contributed by atoms with Gasteiger partial charge in [0, 0.05) is 25.7 Å². The zero-order chi connectivity index (χ0) is 16.7. The average Bonchev–Trinajstić information content (AvgIpc) is 2.83. The van der Waals surface area contributed by atoms with E-state index in [2.05, 4.69) is 71.6 Å². The summed E-state index contributed by atoms with van der Waals surface area (Å²) in [7, 11) is 1.98. The number of aryl methyl sites for hydroxylation is 3. The van der Waals surface area contributed by atoms with Gasteiger partial charge >= 0.3 is 0 Å². The highest BCUT2D eigenvalue weighted by Crippen LogP contribution is 2.36. The monoisotopic (exact) mass is 318 g/mol. The van der Waals surface area contributed by atoms with Crippen molar-refractivity contribution in [3.05, 3.63) is 70.9 Å². The minimum absolute atomic E-state index is 0.847. The summed E-state index contributed by atoms with van der Waals surface area (Å²) >= 11 is 0. The van der Waals surface area contributed by atoms with Crippen LogP contribution in [0, 0.1) is 13.8 Å². The molecule has 1 aliphatic rings. The summed E-state index contributed by atoms with van der Waals surface area (Å²) in [6.45, 7) is 6.07. The molecule has 0 spiro atoms. The first-order valence-electron chi connectivity index (χ1n) is 8.30. The maximum atomic E-state index is 4.41. The van der Waals surface area contributed by atoms with Gasteiger partial charge < -0.3 is 10.2 Å². The van der Waals surface area contributed by atoms with Crippen LogP contribution in [0.5, 0.6) is 0 Å². The Hall–Kier alpha value is -2.75. The molecule has 1 aromatic heterocycles. The van der Waals surface area contributed by atoms with Crippen molar-refractivity contribution in [2.24, 2.45) is 7.05 Å². The number of anilines is 3. The number of hydrogen-bond donors (Lipinski definition) is 1. The Kier molecular flexibility index (Phi) is 3.53. The van der Waals surface area contributed by atoms with Crippen LogP contribution < -0.4 is 10.2 Å². The molecule has 2 aromatic carbocycles. The Morgan fingerprint density at radius 3 is 2.75 bits per heavy atom. The van der Waals surface area contributed by atoms with Gasteiger partial charge in [0.1, 0.15) is 5.82 Å². The number of rotatable bonds is 2. The molecular formula is C20H22N4. The predicted molar refractivity (Wildman–Crippen MR) is 98.7 cm³/mol. The summed E-state index contributed by atoms with van der Waals surface area (Å²) in [6, 6.07) is 15.2. The lowest BCUT2D eigenvalue weighted by Gasteiger charge is -2.25. The Bertz CT molecular complexity index is 894. The van der Waals surface area contributed by atoms with E-state index in [0.717, 1.165) is 24.6 Å². The average molecular weight is 318 g/mol. The third-order valence-electron chi connectivity index (χ3n) is 4.82. The van der Waals surface area contributed by atoms with Crippen molar-refractivity contribution in [2.75, 3.05) is 10.2 Å². The molecule has 122 valence electrons. The first kappa shape index (κ1) is 14.8. The second-order valence-electron chi connectivity index (χ2n) is 6.56. The van der Waals surface area contributed by atoms with Crippen LogP contribution in [0.2, 0.25) is 0 Å². The van der Waals surface area contributed by atoms with Gasteiger partial charge in [0.2, 0.25) is 0 Å². The number of para-hydroxylation sites is 2. The first-order chi connectivity index (χ1) is 11.6. The molecule has 0 saturated carbocycles. The lowest BCUT2D eigenvalue weighted by atomic mass is 10.1. The van der Waals surface area contributed by atoms with Crippen LogP contribution in [0.4, 0.5) is 17.2 Å². The van der Waals surface area contributed by atoms with Crippen LogP contribution in [0.15, 0.2) is 48.7 Å². The van der Waals surface area contributed by atoms with E-state index in [0.29, 0.717) is 0 Å². The van der Waals surface area contributed by atoms with E-state index >= 15 is 0 Å². The van der Waals surface area contributed by atoms with Gasteiger partial charge in [0.15, 0.2) is 0 Å². The normalized spacial score (nSPS) is 13.0. The molecule has 0 saturated heterocycles. The third-order valence-corrected chi connectivity index (χ3v) is 4.82. The van der Waals surface area contributed by atoms with Crippen molar-refractivity contribution in [1.82, 2.24) is 9.78 Å². The Labute approximate surface area is 142 Å². The summed E-state index contributed by atoms with van der Waals surface area (Å²) < 4.78 is 1.91. The minimum atomic E-state index is 0.847. The van der Waals surface area contributed by atoms with Gasteiger partial charge in [-0.05, 0) is 42.7 Å². The van der Waals surface area contributed by atoms with E-state index in [1.807, 2.05) is 17.9 Å². The summed E-state index contributed by atoms with van der Waals surface area (Å²) in [5.74, 6) is 1.07. The van der Waals surface area contributed by atoms with Crippen molar-refractivity contribution in [2.45, 2.75) is 26.9 Å². The topological polar surface area (TPSA) is 33.1 Å². The Balaban J connectivity index is 1.74. The molecule has 4 nitrogen and oxygen atoms in total. The van der Waals surface area contributed by atoms with E-state index in [4.69, 9.17) is 0 Å². The fourth-order valence-electron chi connectivity index (χ4n) is 3.30. The largest absolute Gasteiger partial charge is 0.361 e. The predicted octanol–water partition coefficient (Wildman–Crippen LogP) is 4.30. The quantitative estimate of drug-likeness (QED) is 0.765. The second kappa shape index (κ2) is 5.71. The molecule has 0 unspecified atom stereocenters. The van der Waals surface area contributed by atoms with Crippen molar-refractivity contribution in [3.8, 4) is 0 Å². The van der Waals surface area contributed by atoms with Gasteiger partial charge in [-0.2, -0.15) is 5.10 Å². The summed E-state index contributed by atoms with van der Waals surface area (Å²) in [4.78, 5) is 2.42. The first-order valence-corrected chi connectivity index (χ1v) is 8.30. The van der Waals surface area contributed by atoms with Gasteiger partial charge in [-0.3, -0.25) is 4.68 Å². The molecule has 24 heavy (non-hydrogen) atoms. The van der Waals surface area contributed by atoms with Gasteiger partial charge in [-0.1, -0.05) is 30.3 Å². The van der Waals surface area contributed by atoms with Crippen molar-refractivity contribution in [3.63, 3.8) is 0 Å². The van der Waals surface area contributed by atoms with Crippen LogP contribution >= 0.6 is 0 Å². The maximum absolute atomic E-state index is 4.41. The maximum Gasteiger partial charge on any atom is 0.133 e. The van der Waals surface area contributed by atoms with E-state index in [1.165, 1.54) is 27.9 Å². The Morgan fingerprint density at radius 1 is 1.08 bits per heavy atom. The standard InChI is InChI=1S/C20H22N4/c1-14-8-9-16(10-15(14)2)12-24-13-17-11-21-23(3)20(17)22-18-6-4-5-7-19(18)24/h4-11,22H,12-13H2,1-3H3. The number of aromatic nitrogens is 2. The molecule has 0 atom stereocenters. The van der Waals surface area contributed by atoms with Gasteiger partial charge in [-0.25, -0.2) is 0 Å². The van der Waals surface area contributed by atoms with Crippen LogP contribution in [-0.4, -0.2) is 9.78 Å². The van der Waals surface area contributed by atoms with Crippen LogP contribution in [0.3, 0.4) is 0 Å². The highest BCUT2D eigenvalue weighted by molar-refractivity contribution is 5.77. The lowest BCUT2D eigenvalue weighted by molar-refractivity contribution is 0.776. The van der Waals surface area contributed by atoms with E-state index in [1.54, 1.807) is 0 Å². The van der Waals surface area contributed by atoms with Crippen LogP contribution in [0.25, 0.3) is 0 Å². The molecule has 2 heterocycles. The highest BCUT2D eigenvalue weighted by atomic mass is 15.3. The third kappa shape index (κ3) is 2.54. The zero-order valence-electron chi connectivity index (χ0n) is 14.4. The van der Waals surface area contributed by atoms with E-state index < -0.39 is 0 Å². The molecular weight excluding hydrogens is 296 g/mol. The van der Waals surface area contributed by atoms with Crippen LogP contribution in [-0.2, 0) is 20.1 Å². The van der Waals surface area contributed by atoms with Crippen molar-refractivity contribution in [1.29, 1.82) is 0 Å². The number of nitrogens with zero attached hydrogens (tertiary/aromatic N) is 3. The van der Waals surface area contributed by atoms with Crippen LogP contribution in [0.1, 0.15) is 22.3 Å². The second-order valence-corrected chi connectivity index (χ2v) is 6.56. The smallest absolute Gasteiger partial charge is 0.133 e. The number of hydrogen-bond acceptors (Lipinski definition) is 3. The van der Waals surface area contributed by atoms with E-state index in [-0.39, 0.29) is 0 Å². The van der Waals surface area contributed by atoms with Crippen molar-refractivity contribution >= 4 is 17.2 Å². The molecule has 1 aliphatic heterocycles. The fraction of sp³-hybridized carbons (Fsp3) is 0.250. The number of benzene rings is 2. The van der Waals surface area contributed by atoms with Gasteiger partial charge in [-0.15, -0.1) is 0 Å². The highest BCUT2D eigenvalue weighted by Gasteiger charge is 2.21. The molecule has 3 aromatic rings. The SMILES string of the molecule is Cc1ccc(CN2Cc3cnn(C)c3Nc3ccccc32)cc1C.